The van der Waals surface area contributed by atoms with Crippen molar-refractivity contribution in [2.24, 2.45) is 5.41 Å². The zero-order valence-corrected chi connectivity index (χ0v) is 18.4. The maximum Gasteiger partial charge on any atom is 0.232 e. The zero-order valence-electron chi connectivity index (χ0n) is 18.4. The summed E-state index contributed by atoms with van der Waals surface area (Å²) in [5.41, 5.74) is 3.07. The van der Waals surface area contributed by atoms with Gasteiger partial charge >= 0.3 is 0 Å². The predicted molar refractivity (Wildman–Crippen MR) is 117 cm³/mol. The van der Waals surface area contributed by atoms with Crippen molar-refractivity contribution in [3.8, 4) is 0 Å². The van der Waals surface area contributed by atoms with Gasteiger partial charge in [0.2, 0.25) is 5.91 Å². The lowest BCUT2D eigenvalue weighted by Gasteiger charge is -2.51. The van der Waals surface area contributed by atoms with Gasteiger partial charge in [0.05, 0.1) is 22.9 Å². The highest BCUT2D eigenvalue weighted by atomic mass is 16.5. The van der Waals surface area contributed by atoms with E-state index in [1.165, 1.54) is 11.3 Å². The van der Waals surface area contributed by atoms with Crippen LogP contribution in [0.15, 0.2) is 12.3 Å². The molecule has 8 heteroatoms. The van der Waals surface area contributed by atoms with Gasteiger partial charge in [-0.2, -0.15) is 9.61 Å². The predicted octanol–water partition coefficient (Wildman–Crippen LogP) is 1.42. The highest BCUT2D eigenvalue weighted by Gasteiger charge is 2.50. The highest BCUT2D eigenvalue weighted by molar-refractivity contribution is 5.86. The first kappa shape index (κ1) is 19.5. The average Bonchev–Trinajstić information content (AvgIpc) is 3.34. The van der Waals surface area contributed by atoms with Crippen LogP contribution in [-0.2, 0) is 22.4 Å². The van der Waals surface area contributed by atoms with Crippen LogP contribution in [0.25, 0.3) is 5.65 Å². The molecule has 1 amide bonds. The van der Waals surface area contributed by atoms with Gasteiger partial charge in [0.1, 0.15) is 5.82 Å². The fourth-order valence-electron chi connectivity index (χ4n) is 6.07. The van der Waals surface area contributed by atoms with Crippen molar-refractivity contribution in [2.45, 2.75) is 51.0 Å². The summed E-state index contributed by atoms with van der Waals surface area (Å²) in [5.74, 6) is 1.44. The first-order valence-corrected chi connectivity index (χ1v) is 11.8. The molecule has 0 radical (unpaired) electrons. The van der Waals surface area contributed by atoms with E-state index >= 15 is 0 Å². The van der Waals surface area contributed by atoms with E-state index in [-0.39, 0.29) is 11.0 Å². The summed E-state index contributed by atoms with van der Waals surface area (Å²) in [4.78, 5) is 22.7. The maximum atomic E-state index is 13.5. The minimum Gasteiger partial charge on any atom is -0.375 e. The zero-order chi connectivity index (χ0) is 21.1. The van der Waals surface area contributed by atoms with E-state index in [1.54, 1.807) is 0 Å². The molecule has 0 bridgehead atoms. The molecule has 31 heavy (non-hydrogen) atoms. The molecule has 6 heterocycles. The molecule has 0 unspecified atom stereocenters. The number of nitrogens with one attached hydrogen (secondary N) is 1. The number of hydrogen-bond acceptors (Lipinski definition) is 6. The molecule has 0 aliphatic carbocycles. The van der Waals surface area contributed by atoms with E-state index in [1.807, 2.05) is 16.8 Å². The minimum absolute atomic E-state index is 0.0533. The average molecular weight is 425 g/mol. The summed E-state index contributed by atoms with van der Waals surface area (Å²) in [6, 6.07) is 1.97. The van der Waals surface area contributed by atoms with Crippen LogP contribution in [0, 0.1) is 5.41 Å². The Morgan fingerprint density at radius 1 is 1.16 bits per heavy atom. The molecule has 4 aliphatic rings. The molecule has 2 aromatic rings. The Labute approximate surface area is 182 Å². The second-order valence-electron chi connectivity index (χ2n) is 10.1. The number of nitrogens with zero attached hydrogens (tertiary/aromatic N) is 5. The largest absolute Gasteiger partial charge is 0.375 e. The Morgan fingerprint density at radius 2 is 1.97 bits per heavy atom. The number of piperidine rings is 1. The summed E-state index contributed by atoms with van der Waals surface area (Å²) in [5, 5.41) is 8.05. The van der Waals surface area contributed by atoms with Crippen molar-refractivity contribution in [2.75, 3.05) is 50.8 Å². The number of hydrogen-bond donors (Lipinski definition) is 1. The lowest BCUT2D eigenvalue weighted by atomic mass is 9.79. The van der Waals surface area contributed by atoms with Crippen LogP contribution in [-0.4, -0.2) is 76.9 Å². The number of rotatable bonds is 2. The van der Waals surface area contributed by atoms with Gasteiger partial charge in [0.25, 0.3) is 0 Å². The lowest BCUT2D eigenvalue weighted by Crippen LogP contribution is -2.64. The van der Waals surface area contributed by atoms with Gasteiger partial charge in [-0.1, -0.05) is 0 Å². The van der Waals surface area contributed by atoms with E-state index in [0.29, 0.717) is 5.91 Å². The van der Waals surface area contributed by atoms with Crippen molar-refractivity contribution in [1.29, 1.82) is 0 Å². The standard InChI is InChI=1S/C23H32N6O2/c1-22(21(30)27-12-7-23(8-13-27)6-2-14-31-23)15-28(16-22)20-17-3-9-24-10-4-18(17)26-19-5-11-25-29(19)20/h5,11,24H,2-4,6-10,12-16H2,1H3. The Balaban J connectivity index is 1.21. The van der Waals surface area contributed by atoms with Crippen LogP contribution < -0.4 is 10.2 Å². The SMILES string of the molecule is CC1(C(=O)N2CCC3(CCCO3)CC2)CN(c2c3c(nc4ccnn24)CCNCC3)C1. The van der Waals surface area contributed by atoms with Crippen molar-refractivity contribution < 1.29 is 9.53 Å². The number of carbonyl (C=O) groups is 1. The van der Waals surface area contributed by atoms with Crippen LogP contribution in [0.3, 0.4) is 0 Å². The Morgan fingerprint density at radius 3 is 2.74 bits per heavy atom. The highest BCUT2D eigenvalue weighted by Crippen LogP contribution is 2.41. The fraction of sp³-hybridized carbons (Fsp3) is 0.696. The smallest absolute Gasteiger partial charge is 0.232 e. The molecule has 3 saturated heterocycles. The van der Waals surface area contributed by atoms with Gasteiger partial charge in [-0.05, 0) is 45.6 Å². The van der Waals surface area contributed by atoms with Gasteiger partial charge in [-0.3, -0.25) is 4.79 Å². The van der Waals surface area contributed by atoms with E-state index < -0.39 is 0 Å². The first-order chi connectivity index (χ1) is 15.1. The molecule has 1 N–H and O–H groups in total. The van der Waals surface area contributed by atoms with Gasteiger partial charge in [-0.15, -0.1) is 0 Å². The number of carbonyl (C=O) groups excluding carboxylic acids is 1. The Hall–Kier alpha value is -2.19. The molecule has 2 aromatic heterocycles. The summed E-state index contributed by atoms with van der Waals surface area (Å²) >= 11 is 0. The third-order valence-corrected chi connectivity index (χ3v) is 7.82. The second kappa shape index (κ2) is 7.17. The molecule has 3 fully saturated rings. The Kier molecular flexibility index (Phi) is 4.51. The van der Waals surface area contributed by atoms with Crippen molar-refractivity contribution >= 4 is 17.4 Å². The fourth-order valence-corrected chi connectivity index (χ4v) is 6.07. The quantitative estimate of drug-likeness (QED) is 0.786. The summed E-state index contributed by atoms with van der Waals surface area (Å²) in [6.07, 6.45) is 7.99. The second-order valence-corrected chi connectivity index (χ2v) is 10.1. The van der Waals surface area contributed by atoms with E-state index in [4.69, 9.17) is 9.72 Å². The summed E-state index contributed by atoms with van der Waals surface area (Å²) in [7, 11) is 0. The van der Waals surface area contributed by atoms with Gasteiger partial charge in [0.15, 0.2) is 5.65 Å². The minimum atomic E-state index is -0.334. The summed E-state index contributed by atoms with van der Waals surface area (Å²) in [6.45, 7) is 8.06. The molecule has 8 nitrogen and oxygen atoms in total. The van der Waals surface area contributed by atoms with E-state index in [9.17, 15) is 4.79 Å². The summed E-state index contributed by atoms with van der Waals surface area (Å²) < 4.78 is 8.01. The molecule has 0 atom stereocenters. The first-order valence-electron chi connectivity index (χ1n) is 11.8. The lowest BCUT2D eigenvalue weighted by molar-refractivity contribution is -0.147. The van der Waals surface area contributed by atoms with E-state index in [2.05, 4.69) is 27.1 Å². The normalized spacial score (nSPS) is 24.8. The van der Waals surface area contributed by atoms with Gasteiger partial charge in [0, 0.05) is 57.4 Å². The van der Waals surface area contributed by atoms with Crippen LogP contribution in [0.4, 0.5) is 5.82 Å². The monoisotopic (exact) mass is 424 g/mol. The molecule has 0 aromatic carbocycles. The van der Waals surface area contributed by atoms with Gasteiger partial charge in [-0.25, -0.2) is 4.98 Å². The molecule has 0 saturated carbocycles. The molecular formula is C23H32N6O2. The molecule has 166 valence electrons. The molecule has 1 spiro atoms. The van der Waals surface area contributed by atoms with Crippen LogP contribution in [0.5, 0.6) is 0 Å². The third kappa shape index (κ3) is 3.14. The van der Waals surface area contributed by atoms with Crippen molar-refractivity contribution in [3.05, 3.63) is 23.5 Å². The van der Waals surface area contributed by atoms with Crippen molar-refractivity contribution in [3.63, 3.8) is 0 Å². The van der Waals surface area contributed by atoms with E-state index in [0.717, 1.165) is 95.9 Å². The number of aromatic nitrogens is 3. The van der Waals surface area contributed by atoms with Crippen LogP contribution >= 0.6 is 0 Å². The molecule has 6 rings (SSSR count). The number of anilines is 1. The number of likely N-dealkylation sites (tertiary alicyclic amines) is 1. The number of fused-ring (bicyclic) bond motifs is 2. The number of amides is 1. The van der Waals surface area contributed by atoms with Crippen molar-refractivity contribution in [1.82, 2.24) is 24.8 Å². The molecule has 4 aliphatic heterocycles. The van der Waals surface area contributed by atoms with Gasteiger partial charge < -0.3 is 19.9 Å². The number of ether oxygens (including phenoxy) is 1. The topological polar surface area (TPSA) is 75.0 Å². The molecular weight excluding hydrogens is 392 g/mol. The van der Waals surface area contributed by atoms with Crippen LogP contribution in [0.1, 0.15) is 43.9 Å². The van der Waals surface area contributed by atoms with Crippen LogP contribution in [0.2, 0.25) is 0 Å². The maximum absolute atomic E-state index is 13.5. The Bertz CT molecular complexity index is 995. The third-order valence-electron chi connectivity index (χ3n) is 7.82.